The SMILES string of the molecule is CC(Cl)C(=O)c1ccc(Oc2ccccc2)cc1. The molecule has 0 aliphatic heterocycles. The molecular formula is C15H13ClO2. The van der Waals surface area contributed by atoms with E-state index in [1.165, 1.54) is 0 Å². The van der Waals surface area contributed by atoms with Crippen LogP contribution in [0.25, 0.3) is 0 Å². The van der Waals surface area contributed by atoms with Crippen LogP contribution in [0, 0.1) is 0 Å². The van der Waals surface area contributed by atoms with Crippen LogP contribution in [-0.2, 0) is 0 Å². The van der Waals surface area contributed by atoms with E-state index in [-0.39, 0.29) is 5.78 Å². The van der Waals surface area contributed by atoms with E-state index in [0.717, 1.165) is 5.75 Å². The van der Waals surface area contributed by atoms with Gasteiger partial charge in [0.1, 0.15) is 11.5 Å². The topological polar surface area (TPSA) is 26.3 Å². The van der Waals surface area contributed by atoms with Crippen molar-refractivity contribution in [2.45, 2.75) is 12.3 Å². The van der Waals surface area contributed by atoms with Crippen LogP contribution in [0.5, 0.6) is 11.5 Å². The quantitative estimate of drug-likeness (QED) is 0.606. The molecule has 92 valence electrons. The Morgan fingerprint density at radius 3 is 2.11 bits per heavy atom. The summed E-state index contributed by atoms with van der Waals surface area (Å²) in [5.74, 6) is 1.38. The predicted molar refractivity (Wildman–Crippen MR) is 72.6 cm³/mol. The van der Waals surface area contributed by atoms with E-state index in [2.05, 4.69) is 0 Å². The molecule has 2 aromatic rings. The lowest BCUT2D eigenvalue weighted by Crippen LogP contribution is -2.09. The van der Waals surface area contributed by atoms with Gasteiger partial charge in [0.2, 0.25) is 0 Å². The molecular weight excluding hydrogens is 248 g/mol. The fourth-order valence-electron chi connectivity index (χ4n) is 1.54. The Balaban J connectivity index is 2.11. The largest absolute Gasteiger partial charge is 0.457 e. The van der Waals surface area contributed by atoms with Crippen molar-refractivity contribution in [1.82, 2.24) is 0 Å². The standard InChI is InChI=1S/C15H13ClO2/c1-11(16)15(17)12-7-9-14(10-8-12)18-13-5-3-2-4-6-13/h2-11H,1H3. The van der Waals surface area contributed by atoms with Crippen LogP contribution in [0.2, 0.25) is 0 Å². The number of hydrogen-bond acceptors (Lipinski definition) is 2. The molecule has 1 unspecified atom stereocenters. The molecule has 0 saturated heterocycles. The van der Waals surface area contributed by atoms with Gasteiger partial charge in [-0.1, -0.05) is 18.2 Å². The lowest BCUT2D eigenvalue weighted by atomic mass is 10.1. The maximum Gasteiger partial charge on any atom is 0.180 e. The summed E-state index contributed by atoms with van der Waals surface area (Å²) in [7, 11) is 0. The highest BCUT2D eigenvalue weighted by molar-refractivity contribution is 6.33. The zero-order valence-electron chi connectivity index (χ0n) is 9.97. The third kappa shape index (κ3) is 3.11. The molecule has 0 aromatic heterocycles. The van der Waals surface area contributed by atoms with Crippen LogP contribution in [0.3, 0.4) is 0 Å². The van der Waals surface area contributed by atoms with Crippen molar-refractivity contribution in [3.05, 3.63) is 60.2 Å². The molecule has 3 heteroatoms. The van der Waals surface area contributed by atoms with E-state index in [1.807, 2.05) is 30.3 Å². The lowest BCUT2D eigenvalue weighted by Gasteiger charge is -2.07. The number of carbonyl (C=O) groups excluding carboxylic acids is 1. The molecule has 18 heavy (non-hydrogen) atoms. The van der Waals surface area contributed by atoms with Crippen LogP contribution in [0.4, 0.5) is 0 Å². The van der Waals surface area contributed by atoms with Gasteiger partial charge in [0, 0.05) is 5.56 Å². The Hall–Kier alpha value is -1.80. The van der Waals surface area contributed by atoms with Gasteiger partial charge in [-0.3, -0.25) is 4.79 Å². The smallest absolute Gasteiger partial charge is 0.180 e. The van der Waals surface area contributed by atoms with E-state index in [0.29, 0.717) is 11.3 Å². The third-order valence-electron chi connectivity index (χ3n) is 2.48. The Morgan fingerprint density at radius 1 is 1.00 bits per heavy atom. The molecule has 2 nitrogen and oxygen atoms in total. The van der Waals surface area contributed by atoms with E-state index in [4.69, 9.17) is 16.3 Å². The van der Waals surface area contributed by atoms with Crippen molar-refractivity contribution in [2.75, 3.05) is 0 Å². The molecule has 0 spiro atoms. The molecule has 0 fully saturated rings. The van der Waals surface area contributed by atoms with Gasteiger partial charge in [-0.05, 0) is 43.3 Å². The van der Waals surface area contributed by atoms with E-state index >= 15 is 0 Å². The predicted octanol–water partition coefficient (Wildman–Crippen LogP) is 4.29. The molecule has 0 saturated carbocycles. The number of hydrogen-bond donors (Lipinski definition) is 0. The van der Waals surface area contributed by atoms with Crippen molar-refractivity contribution in [3.63, 3.8) is 0 Å². The summed E-state index contributed by atoms with van der Waals surface area (Å²) in [5, 5.41) is -0.508. The van der Waals surface area contributed by atoms with Gasteiger partial charge in [-0.15, -0.1) is 11.6 Å². The minimum atomic E-state index is -0.508. The lowest BCUT2D eigenvalue weighted by molar-refractivity contribution is 0.0992. The van der Waals surface area contributed by atoms with Crippen LogP contribution in [-0.4, -0.2) is 11.2 Å². The average molecular weight is 261 g/mol. The number of halogens is 1. The zero-order valence-corrected chi connectivity index (χ0v) is 10.7. The summed E-state index contributed by atoms with van der Waals surface area (Å²) >= 11 is 5.75. The van der Waals surface area contributed by atoms with Gasteiger partial charge in [0.15, 0.2) is 5.78 Å². The first-order chi connectivity index (χ1) is 8.66. The summed E-state index contributed by atoms with van der Waals surface area (Å²) in [6, 6.07) is 16.5. The molecule has 0 N–H and O–H groups in total. The van der Waals surface area contributed by atoms with Crippen molar-refractivity contribution < 1.29 is 9.53 Å². The van der Waals surface area contributed by atoms with E-state index < -0.39 is 5.38 Å². The fraction of sp³-hybridized carbons (Fsp3) is 0.133. The Morgan fingerprint density at radius 2 is 1.56 bits per heavy atom. The molecule has 2 aromatic carbocycles. The van der Waals surface area contributed by atoms with Gasteiger partial charge < -0.3 is 4.74 Å². The van der Waals surface area contributed by atoms with Crippen LogP contribution >= 0.6 is 11.6 Å². The number of benzene rings is 2. The third-order valence-corrected chi connectivity index (χ3v) is 2.68. The maximum absolute atomic E-state index is 11.6. The normalized spacial score (nSPS) is 11.9. The Bertz CT molecular complexity index is 518. The van der Waals surface area contributed by atoms with Crippen molar-refractivity contribution in [2.24, 2.45) is 0 Å². The summed E-state index contributed by atoms with van der Waals surface area (Å²) in [6.45, 7) is 1.66. The van der Waals surface area contributed by atoms with E-state index in [1.54, 1.807) is 31.2 Å². The number of ether oxygens (including phenoxy) is 1. The number of ketones is 1. The Kier molecular flexibility index (Phi) is 4.00. The van der Waals surface area contributed by atoms with Gasteiger partial charge >= 0.3 is 0 Å². The molecule has 0 amide bonds. The average Bonchev–Trinajstić information content (AvgIpc) is 2.40. The second-order valence-electron chi connectivity index (χ2n) is 3.92. The van der Waals surface area contributed by atoms with Crippen LogP contribution < -0.4 is 4.74 Å². The molecule has 2 rings (SSSR count). The summed E-state index contributed by atoms with van der Waals surface area (Å²) in [6.07, 6.45) is 0. The molecule has 0 heterocycles. The van der Waals surface area contributed by atoms with Crippen LogP contribution in [0.1, 0.15) is 17.3 Å². The zero-order chi connectivity index (χ0) is 13.0. The van der Waals surface area contributed by atoms with Crippen molar-refractivity contribution >= 4 is 17.4 Å². The highest BCUT2D eigenvalue weighted by Crippen LogP contribution is 2.21. The monoisotopic (exact) mass is 260 g/mol. The Labute approximate surface area is 111 Å². The first-order valence-electron chi connectivity index (χ1n) is 5.68. The van der Waals surface area contributed by atoms with Gasteiger partial charge in [0.05, 0.1) is 5.38 Å². The summed E-state index contributed by atoms with van der Waals surface area (Å²) < 4.78 is 5.63. The highest BCUT2D eigenvalue weighted by atomic mass is 35.5. The molecule has 0 bridgehead atoms. The van der Waals surface area contributed by atoms with Crippen LogP contribution in [0.15, 0.2) is 54.6 Å². The molecule has 0 aliphatic carbocycles. The second kappa shape index (κ2) is 5.69. The summed E-state index contributed by atoms with van der Waals surface area (Å²) in [5.41, 5.74) is 0.595. The number of carbonyl (C=O) groups is 1. The number of alkyl halides is 1. The second-order valence-corrected chi connectivity index (χ2v) is 4.57. The van der Waals surface area contributed by atoms with Gasteiger partial charge in [0.25, 0.3) is 0 Å². The maximum atomic E-state index is 11.6. The molecule has 0 aliphatic rings. The number of rotatable bonds is 4. The molecule has 0 radical (unpaired) electrons. The molecule has 1 atom stereocenters. The first-order valence-corrected chi connectivity index (χ1v) is 6.12. The van der Waals surface area contributed by atoms with Gasteiger partial charge in [-0.2, -0.15) is 0 Å². The minimum absolute atomic E-state index is 0.0806. The summed E-state index contributed by atoms with van der Waals surface area (Å²) in [4.78, 5) is 11.6. The number of para-hydroxylation sites is 1. The minimum Gasteiger partial charge on any atom is -0.457 e. The van der Waals surface area contributed by atoms with Gasteiger partial charge in [-0.25, -0.2) is 0 Å². The van der Waals surface area contributed by atoms with E-state index in [9.17, 15) is 4.79 Å². The highest BCUT2D eigenvalue weighted by Gasteiger charge is 2.11. The van der Waals surface area contributed by atoms with Crippen molar-refractivity contribution in [1.29, 1.82) is 0 Å². The number of Topliss-reactive ketones (excluding diaryl/α,β-unsaturated/α-hetero) is 1. The first kappa shape index (κ1) is 12.7. The fourth-order valence-corrected chi connectivity index (χ4v) is 1.67. The van der Waals surface area contributed by atoms with Crippen molar-refractivity contribution in [3.8, 4) is 11.5 Å².